The van der Waals surface area contributed by atoms with Crippen molar-refractivity contribution in [3.8, 4) is 17.0 Å². The minimum Gasteiger partial charge on any atom is -0.444 e. The summed E-state index contributed by atoms with van der Waals surface area (Å²) in [6, 6.07) is 11.8. The molecule has 2 aromatic heterocycles. The van der Waals surface area contributed by atoms with Crippen molar-refractivity contribution in [3.05, 3.63) is 72.2 Å². The largest absolute Gasteiger partial charge is 0.444 e. The highest BCUT2D eigenvalue weighted by atomic mass is 19.3. The number of hydrogen-bond donors (Lipinski definition) is 1. The molecule has 6 rings (SSSR count). The first-order chi connectivity index (χ1) is 23.9. The van der Waals surface area contributed by atoms with Crippen molar-refractivity contribution in [2.45, 2.75) is 52.7 Å². The van der Waals surface area contributed by atoms with E-state index in [0.29, 0.717) is 69.1 Å². The van der Waals surface area contributed by atoms with Crippen LogP contribution in [0.1, 0.15) is 49.5 Å². The van der Waals surface area contributed by atoms with Crippen LogP contribution in [-0.2, 0) is 9.53 Å². The Bertz CT molecular complexity index is 1860. The van der Waals surface area contributed by atoms with Crippen LogP contribution in [0.15, 0.2) is 61.1 Å². The summed E-state index contributed by atoms with van der Waals surface area (Å²) in [5, 5.41) is 3.30. The van der Waals surface area contributed by atoms with Crippen molar-refractivity contribution < 1.29 is 32.6 Å². The number of aryl methyl sites for hydroxylation is 1. The van der Waals surface area contributed by atoms with E-state index in [1.807, 2.05) is 49.1 Å². The molecule has 0 bridgehead atoms. The highest BCUT2D eigenvalue weighted by Crippen LogP contribution is 2.28. The summed E-state index contributed by atoms with van der Waals surface area (Å²) >= 11 is 0. The van der Waals surface area contributed by atoms with E-state index in [4.69, 9.17) is 4.74 Å². The number of halogens is 2. The number of imidazole rings is 1. The van der Waals surface area contributed by atoms with Crippen molar-refractivity contribution in [2.24, 2.45) is 5.92 Å². The summed E-state index contributed by atoms with van der Waals surface area (Å²) in [4.78, 5) is 53.5. The predicted octanol–water partition coefficient (Wildman–Crippen LogP) is 5.98. The molecular formula is C36H41F2N7O5. The maximum atomic E-state index is 13.5. The Labute approximate surface area is 289 Å². The fraction of sp³-hybridized carbons (Fsp3) is 0.417. The minimum absolute atomic E-state index is 0.0710. The zero-order valence-corrected chi connectivity index (χ0v) is 28.6. The standard InChI is InChI=1S/C36H41F2N7O5/c1-23-21-26(41-30-31-40-22-29(45(31)16-13-39-30)24-5-8-27(9-6-24)49-34(37)38)7-10-28(23)33(47)43-19-17-42(18-20-43)32(46)25-11-14-44(15-12-25)35(48)50-36(2,3)4/h5-10,13,16,21-22,25,34H,11-12,14-15,17-20H2,1-4H3,(H,39,41). The summed E-state index contributed by atoms with van der Waals surface area (Å²) < 4.78 is 36.9. The van der Waals surface area contributed by atoms with Gasteiger partial charge in [0.05, 0.1) is 11.9 Å². The Balaban J connectivity index is 1.04. The smallest absolute Gasteiger partial charge is 0.410 e. The van der Waals surface area contributed by atoms with Gasteiger partial charge in [0.2, 0.25) is 5.91 Å². The fourth-order valence-corrected chi connectivity index (χ4v) is 6.34. The Kier molecular flexibility index (Phi) is 9.89. The monoisotopic (exact) mass is 689 g/mol. The number of benzene rings is 2. The highest BCUT2D eigenvalue weighted by Gasteiger charge is 2.34. The van der Waals surface area contributed by atoms with Crippen LogP contribution in [0, 0.1) is 12.8 Å². The van der Waals surface area contributed by atoms with Gasteiger partial charge in [-0.05, 0) is 88.6 Å². The van der Waals surface area contributed by atoms with Gasteiger partial charge in [-0.25, -0.2) is 14.8 Å². The molecule has 0 saturated carbocycles. The zero-order valence-electron chi connectivity index (χ0n) is 28.6. The van der Waals surface area contributed by atoms with Crippen LogP contribution < -0.4 is 10.1 Å². The lowest BCUT2D eigenvalue weighted by atomic mass is 9.95. The molecule has 0 spiro atoms. The van der Waals surface area contributed by atoms with Crippen molar-refractivity contribution in [1.82, 2.24) is 29.1 Å². The molecule has 0 unspecified atom stereocenters. The number of carbonyl (C=O) groups is 3. The Morgan fingerprint density at radius 3 is 2.22 bits per heavy atom. The van der Waals surface area contributed by atoms with Gasteiger partial charge in [-0.2, -0.15) is 8.78 Å². The number of aromatic nitrogens is 3. The zero-order chi connectivity index (χ0) is 35.6. The van der Waals surface area contributed by atoms with E-state index in [1.54, 1.807) is 46.6 Å². The molecule has 0 atom stereocenters. The number of rotatable bonds is 7. The van der Waals surface area contributed by atoms with Crippen molar-refractivity contribution >= 4 is 35.1 Å². The Morgan fingerprint density at radius 2 is 1.58 bits per heavy atom. The summed E-state index contributed by atoms with van der Waals surface area (Å²) in [6.45, 7) is 7.28. The second-order valence-electron chi connectivity index (χ2n) is 13.5. The number of carbonyl (C=O) groups excluding carboxylic acids is 3. The SMILES string of the molecule is Cc1cc(Nc2nccn3c(-c4ccc(OC(F)F)cc4)cnc23)ccc1C(=O)N1CCN(C(=O)C2CCN(C(=O)OC(C)(C)C)CC2)CC1. The molecule has 4 aromatic rings. The predicted molar refractivity (Wildman–Crippen MR) is 183 cm³/mol. The van der Waals surface area contributed by atoms with Gasteiger partial charge >= 0.3 is 12.7 Å². The van der Waals surface area contributed by atoms with E-state index >= 15 is 0 Å². The lowest BCUT2D eigenvalue weighted by Gasteiger charge is -2.38. The summed E-state index contributed by atoms with van der Waals surface area (Å²) in [6.07, 6.45) is 5.93. The number of fused-ring (bicyclic) bond motifs is 1. The molecule has 12 nitrogen and oxygen atoms in total. The number of ether oxygens (including phenoxy) is 2. The number of anilines is 2. The van der Waals surface area contributed by atoms with Gasteiger partial charge in [0, 0.05) is 74.4 Å². The van der Waals surface area contributed by atoms with Crippen LogP contribution in [0.3, 0.4) is 0 Å². The molecule has 2 aromatic carbocycles. The average molecular weight is 690 g/mol. The lowest BCUT2D eigenvalue weighted by Crippen LogP contribution is -2.53. The van der Waals surface area contributed by atoms with E-state index < -0.39 is 12.2 Å². The molecule has 14 heteroatoms. The summed E-state index contributed by atoms with van der Waals surface area (Å²) in [5.74, 6) is 0.426. The number of alkyl halides is 2. The van der Waals surface area contributed by atoms with E-state index in [2.05, 4.69) is 20.0 Å². The van der Waals surface area contributed by atoms with E-state index in [1.165, 1.54) is 12.1 Å². The Morgan fingerprint density at radius 1 is 0.900 bits per heavy atom. The topological polar surface area (TPSA) is 122 Å². The second-order valence-corrected chi connectivity index (χ2v) is 13.5. The first-order valence-corrected chi connectivity index (χ1v) is 16.7. The van der Waals surface area contributed by atoms with Crippen molar-refractivity contribution in [3.63, 3.8) is 0 Å². The van der Waals surface area contributed by atoms with E-state index in [9.17, 15) is 23.2 Å². The third kappa shape index (κ3) is 7.79. The normalized spacial score (nSPS) is 15.8. The molecule has 2 aliphatic rings. The molecule has 50 heavy (non-hydrogen) atoms. The number of nitrogens with zero attached hydrogens (tertiary/aromatic N) is 6. The number of likely N-dealkylation sites (tertiary alicyclic amines) is 1. The van der Waals surface area contributed by atoms with E-state index in [-0.39, 0.29) is 29.6 Å². The molecular weight excluding hydrogens is 648 g/mol. The summed E-state index contributed by atoms with van der Waals surface area (Å²) in [7, 11) is 0. The van der Waals surface area contributed by atoms with Gasteiger partial charge < -0.3 is 29.5 Å². The maximum Gasteiger partial charge on any atom is 0.410 e. The van der Waals surface area contributed by atoms with Gasteiger partial charge in [0.25, 0.3) is 5.91 Å². The van der Waals surface area contributed by atoms with Gasteiger partial charge in [-0.1, -0.05) is 0 Å². The number of amides is 3. The van der Waals surface area contributed by atoms with Crippen LogP contribution in [0.2, 0.25) is 0 Å². The Hall–Kier alpha value is -5.27. The number of hydrogen-bond acceptors (Lipinski definition) is 8. The molecule has 0 radical (unpaired) electrons. The van der Waals surface area contributed by atoms with Crippen molar-refractivity contribution in [2.75, 3.05) is 44.6 Å². The third-order valence-electron chi connectivity index (χ3n) is 8.90. The van der Waals surface area contributed by atoms with Crippen LogP contribution in [0.5, 0.6) is 5.75 Å². The minimum atomic E-state index is -2.89. The molecule has 2 aliphatic heterocycles. The van der Waals surface area contributed by atoms with Gasteiger partial charge in [-0.3, -0.25) is 14.0 Å². The third-order valence-corrected chi connectivity index (χ3v) is 8.90. The number of piperazine rings is 1. The number of nitrogens with one attached hydrogen (secondary N) is 1. The molecule has 4 heterocycles. The second kappa shape index (κ2) is 14.3. The summed E-state index contributed by atoms with van der Waals surface area (Å²) in [5.41, 5.74) is 3.61. The van der Waals surface area contributed by atoms with Crippen molar-refractivity contribution in [1.29, 1.82) is 0 Å². The average Bonchev–Trinajstić information content (AvgIpc) is 3.52. The van der Waals surface area contributed by atoms with Crippen LogP contribution >= 0.6 is 0 Å². The fourth-order valence-electron chi connectivity index (χ4n) is 6.34. The van der Waals surface area contributed by atoms with Crippen LogP contribution in [-0.4, -0.2) is 98.5 Å². The first kappa shape index (κ1) is 34.6. The molecule has 2 fully saturated rings. The van der Waals surface area contributed by atoms with Crippen LogP contribution in [0.25, 0.3) is 16.9 Å². The van der Waals surface area contributed by atoms with Crippen LogP contribution in [0.4, 0.5) is 25.1 Å². The molecule has 1 N–H and O–H groups in total. The molecule has 264 valence electrons. The quantitative estimate of drug-likeness (QED) is 0.252. The van der Waals surface area contributed by atoms with E-state index in [0.717, 1.165) is 22.5 Å². The van der Waals surface area contributed by atoms with Gasteiger partial charge in [0.1, 0.15) is 11.4 Å². The molecule has 0 aliphatic carbocycles. The molecule has 3 amide bonds. The first-order valence-electron chi connectivity index (χ1n) is 16.7. The maximum absolute atomic E-state index is 13.5. The van der Waals surface area contributed by atoms with Gasteiger partial charge in [-0.15, -0.1) is 0 Å². The number of piperidine rings is 1. The highest BCUT2D eigenvalue weighted by molar-refractivity contribution is 5.96. The molecule has 2 saturated heterocycles. The lowest BCUT2D eigenvalue weighted by molar-refractivity contribution is -0.138. The van der Waals surface area contributed by atoms with Gasteiger partial charge in [0.15, 0.2) is 11.5 Å².